The quantitative estimate of drug-likeness (QED) is 0.651. The molecule has 2 aromatic rings. The summed E-state index contributed by atoms with van der Waals surface area (Å²) < 4.78 is 28.0. The Balaban J connectivity index is 1.86. The predicted octanol–water partition coefficient (Wildman–Crippen LogP) is 1.95. The highest BCUT2D eigenvalue weighted by Gasteiger charge is 2.21. The molecule has 0 saturated carbocycles. The van der Waals surface area contributed by atoms with Gasteiger partial charge in [0.15, 0.2) is 0 Å². The van der Waals surface area contributed by atoms with Crippen molar-refractivity contribution in [1.29, 1.82) is 0 Å². The second-order valence-electron chi connectivity index (χ2n) is 5.72. The van der Waals surface area contributed by atoms with Gasteiger partial charge in [0.05, 0.1) is 16.3 Å². The van der Waals surface area contributed by atoms with E-state index in [2.05, 4.69) is 10.0 Å². The van der Waals surface area contributed by atoms with Crippen LogP contribution >= 0.6 is 11.8 Å². The molecule has 0 unspecified atom stereocenters. The van der Waals surface area contributed by atoms with Crippen molar-refractivity contribution in [3.05, 3.63) is 48.0 Å². The van der Waals surface area contributed by atoms with Gasteiger partial charge in [-0.25, -0.2) is 8.42 Å². The smallest absolute Gasteiger partial charge is 0.261 e. The molecule has 0 fully saturated rings. The van der Waals surface area contributed by atoms with Gasteiger partial charge in [-0.05, 0) is 42.3 Å². The Bertz CT molecular complexity index is 974. The normalized spacial score (nSPS) is 13.6. The van der Waals surface area contributed by atoms with E-state index in [1.165, 1.54) is 17.8 Å². The minimum Gasteiger partial charge on any atom is -0.369 e. The van der Waals surface area contributed by atoms with Crippen LogP contribution in [0.15, 0.2) is 52.3 Å². The first kappa shape index (κ1) is 18.3. The Labute approximate surface area is 155 Å². The van der Waals surface area contributed by atoms with E-state index in [4.69, 9.17) is 5.73 Å². The zero-order valence-electron chi connectivity index (χ0n) is 13.7. The summed E-state index contributed by atoms with van der Waals surface area (Å²) in [6.45, 7) is 0. The maximum atomic E-state index is 12.7. The van der Waals surface area contributed by atoms with E-state index in [1.807, 2.05) is 0 Å². The molecule has 9 heteroatoms. The average molecular weight is 391 g/mol. The molecule has 136 valence electrons. The summed E-state index contributed by atoms with van der Waals surface area (Å²) in [5, 5.41) is 2.72. The summed E-state index contributed by atoms with van der Waals surface area (Å²) >= 11 is 1.17. The van der Waals surface area contributed by atoms with Crippen molar-refractivity contribution >= 4 is 45.0 Å². The van der Waals surface area contributed by atoms with Gasteiger partial charge in [0, 0.05) is 17.0 Å². The lowest BCUT2D eigenvalue weighted by Gasteiger charge is -2.18. The van der Waals surface area contributed by atoms with Gasteiger partial charge >= 0.3 is 0 Å². The molecule has 1 aliphatic rings. The van der Waals surface area contributed by atoms with E-state index in [-0.39, 0.29) is 16.6 Å². The van der Waals surface area contributed by atoms with Crippen molar-refractivity contribution in [2.45, 2.75) is 22.6 Å². The first-order valence-corrected chi connectivity index (χ1v) is 10.3. The topological polar surface area (TPSA) is 118 Å². The van der Waals surface area contributed by atoms with Gasteiger partial charge in [0.2, 0.25) is 11.8 Å². The Morgan fingerprint density at radius 3 is 2.73 bits per heavy atom. The minimum absolute atomic E-state index is 0.0529. The lowest BCUT2D eigenvalue weighted by molar-refractivity contribution is -0.116. The SMILES string of the molecule is NC(=O)CSc1ccccc1NS(=O)(=O)c1ccc2c(c1)CCC(=O)N2. The van der Waals surface area contributed by atoms with Crippen LogP contribution < -0.4 is 15.8 Å². The van der Waals surface area contributed by atoms with Crippen LogP contribution in [-0.4, -0.2) is 26.0 Å². The Morgan fingerprint density at radius 1 is 1.19 bits per heavy atom. The number of para-hydroxylation sites is 1. The van der Waals surface area contributed by atoms with Crippen molar-refractivity contribution in [2.75, 3.05) is 15.8 Å². The fourth-order valence-electron chi connectivity index (χ4n) is 2.56. The number of nitrogens with one attached hydrogen (secondary N) is 2. The van der Waals surface area contributed by atoms with Crippen LogP contribution in [0.1, 0.15) is 12.0 Å². The molecule has 26 heavy (non-hydrogen) atoms. The molecule has 0 radical (unpaired) electrons. The van der Waals surface area contributed by atoms with Crippen LogP contribution in [0.2, 0.25) is 0 Å². The summed E-state index contributed by atoms with van der Waals surface area (Å²) in [5.41, 5.74) is 6.95. The summed E-state index contributed by atoms with van der Waals surface area (Å²) in [5.74, 6) is -0.506. The molecule has 1 aliphatic heterocycles. The lowest BCUT2D eigenvalue weighted by Crippen LogP contribution is -2.20. The molecule has 0 atom stereocenters. The monoisotopic (exact) mass is 391 g/mol. The number of anilines is 2. The van der Waals surface area contributed by atoms with E-state index >= 15 is 0 Å². The van der Waals surface area contributed by atoms with E-state index in [0.717, 1.165) is 5.56 Å². The molecule has 0 aliphatic carbocycles. The molecule has 0 saturated heterocycles. The molecule has 4 N–H and O–H groups in total. The number of hydrogen-bond donors (Lipinski definition) is 3. The minimum atomic E-state index is -3.81. The molecular formula is C17H17N3O4S2. The van der Waals surface area contributed by atoms with Crippen molar-refractivity contribution in [1.82, 2.24) is 0 Å². The van der Waals surface area contributed by atoms with Gasteiger partial charge in [0.1, 0.15) is 0 Å². The summed E-state index contributed by atoms with van der Waals surface area (Å²) in [4.78, 5) is 23.1. The van der Waals surface area contributed by atoms with Crippen molar-refractivity contribution in [3.63, 3.8) is 0 Å². The van der Waals surface area contributed by atoms with Crippen molar-refractivity contribution in [3.8, 4) is 0 Å². The van der Waals surface area contributed by atoms with Gasteiger partial charge in [-0.15, -0.1) is 11.8 Å². The number of aryl methyl sites for hydroxylation is 1. The standard InChI is InChI=1S/C17H17N3O4S2/c18-16(21)10-25-15-4-2-1-3-14(15)20-26(23,24)12-6-7-13-11(9-12)5-8-17(22)19-13/h1-4,6-7,9,20H,5,8,10H2,(H2,18,21)(H,19,22). The number of primary amides is 1. The van der Waals surface area contributed by atoms with Crippen LogP contribution in [0.3, 0.4) is 0 Å². The Morgan fingerprint density at radius 2 is 1.96 bits per heavy atom. The third-order valence-electron chi connectivity index (χ3n) is 3.78. The highest BCUT2D eigenvalue weighted by atomic mass is 32.2. The first-order chi connectivity index (χ1) is 12.3. The number of nitrogens with two attached hydrogens (primary N) is 1. The van der Waals surface area contributed by atoms with Crippen LogP contribution in [-0.2, 0) is 26.0 Å². The van der Waals surface area contributed by atoms with Crippen LogP contribution in [0.5, 0.6) is 0 Å². The molecule has 0 bridgehead atoms. The molecule has 3 rings (SSSR count). The van der Waals surface area contributed by atoms with E-state index < -0.39 is 15.9 Å². The predicted molar refractivity (Wildman–Crippen MR) is 101 cm³/mol. The zero-order chi connectivity index (χ0) is 18.7. The van der Waals surface area contributed by atoms with Gasteiger partial charge in [-0.1, -0.05) is 12.1 Å². The number of thioether (sulfide) groups is 1. The Kier molecular flexibility index (Phi) is 5.19. The maximum absolute atomic E-state index is 12.7. The third kappa shape index (κ3) is 4.17. The van der Waals surface area contributed by atoms with E-state index in [1.54, 1.807) is 36.4 Å². The summed E-state index contributed by atoms with van der Waals surface area (Å²) in [6, 6.07) is 11.4. The molecule has 0 spiro atoms. The van der Waals surface area contributed by atoms with Crippen LogP contribution in [0, 0.1) is 0 Å². The van der Waals surface area contributed by atoms with Gasteiger partial charge < -0.3 is 11.1 Å². The van der Waals surface area contributed by atoms with Crippen LogP contribution in [0.4, 0.5) is 11.4 Å². The first-order valence-electron chi connectivity index (χ1n) is 7.81. The van der Waals surface area contributed by atoms with E-state index in [0.29, 0.717) is 29.1 Å². The fourth-order valence-corrected chi connectivity index (χ4v) is 4.50. The molecule has 7 nitrogen and oxygen atoms in total. The Hall–Kier alpha value is -2.52. The van der Waals surface area contributed by atoms with Crippen molar-refractivity contribution < 1.29 is 18.0 Å². The number of benzene rings is 2. The van der Waals surface area contributed by atoms with Crippen molar-refractivity contribution in [2.24, 2.45) is 5.73 Å². The number of rotatable bonds is 6. The lowest BCUT2D eigenvalue weighted by atomic mass is 10.0. The average Bonchev–Trinajstić information content (AvgIpc) is 2.60. The second kappa shape index (κ2) is 7.38. The largest absolute Gasteiger partial charge is 0.369 e. The number of carbonyl (C=O) groups excluding carboxylic acids is 2. The number of amides is 2. The summed E-state index contributed by atoms with van der Waals surface area (Å²) in [7, 11) is -3.81. The third-order valence-corrected chi connectivity index (χ3v) is 6.24. The molecule has 2 aromatic carbocycles. The molecular weight excluding hydrogens is 374 g/mol. The zero-order valence-corrected chi connectivity index (χ0v) is 15.3. The van der Waals surface area contributed by atoms with Gasteiger partial charge in [-0.3, -0.25) is 14.3 Å². The molecule has 2 amide bonds. The fraction of sp³-hybridized carbons (Fsp3) is 0.176. The van der Waals surface area contributed by atoms with Gasteiger partial charge in [0.25, 0.3) is 10.0 Å². The summed E-state index contributed by atoms with van der Waals surface area (Å²) in [6.07, 6.45) is 0.825. The number of fused-ring (bicyclic) bond motifs is 1. The number of carbonyl (C=O) groups is 2. The van der Waals surface area contributed by atoms with E-state index in [9.17, 15) is 18.0 Å². The highest BCUT2D eigenvalue weighted by Crippen LogP contribution is 2.30. The molecule has 1 heterocycles. The number of hydrogen-bond acceptors (Lipinski definition) is 5. The van der Waals surface area contributed by atoms with Gasteiger partial charge in [-0.2, -0.15) is 0 Å². The second-order valence-corrected chi connectivity index (χ2v) is 8.42. The maximum Gasteiger partial charge on any atom is 0.261 e. The molecule has 0 aromatic heterocycles. The number of sulfonamides is 1. The highest BCUT2D eigenvalue weighted by molar-refractivity contribution is 8.00. The van der Waals surface area contributed by atoms with Crippen LogP contribution in [0.25, 0.3) is 0 Å².